The topological polar surface area (TPSA) is 160 Å². The SMILES string of the molecule is CN(C)c1ccn2ncc(C(=O)Nc3cn(C4CCC(CN5CCN(CC#Cc6cccc7c6n(C)c(=O)n7C6CCC(=O)NC6=O)CC5)CC4)nc3C(F)F)c2n1. The predicted octanol–water partition coefficient (Wildman–Crippen LogP) is 3.21. The third-order valence-electron chi connectivity index (χ3n) is 11.6. The number of amides is 3. The van der Waals surface area contributed by atoms with Crippen LogP contribution in [0.1, 0.15) is 78.6 Å². The largest absolute Gasteiger partial charge is 0.363 e. The highest BCUT2D eigenvalue weighted by Gasteiger charge is 2.32. The van der Waals surface area contributed by atoms with Crippen LogP contribution in [0.15, 0.2) is 47.7 Å². The van der Waals surface area contributed by atoms with Gasteiger partial charge in [-0.05, 0) is 56.2 Å². The van der Waals surface area contributed by atoms with Crippen LogP contribution in [0.5, 0.6) is 0 Å². The number of para-hydroxylation sites is 1. The van der Waals surface area contributed by atoms with Gasteiger partial charge in [-0.25, -0.2) is 23.1 Å². The van der Waals surface area contributed by atoms with Gasteiger partial charge >= 0.3 is 5.69 Å². The molecule has 2 N–H and O–H groups in total. The van der Waals surface area contributed by atoms with E-state index in [9.17, 15) is 28.0 Å². The molecule has 8 rings (SSSR count). The zero-order chi connectivity index (χ0) is 40.7. The maximum atomic E-state index is 14.1. The average Bonchev–Trinajstić information content (AvgIpc) is 3.90. The van der Waals surface area contributed by atoms with E-state index >= 15 is 0 Å². The molecular weight excluding hydrogens is 751 g/mol. The number of piperazine rings is 1. The second-order valence-electron chi connectivity index (χ2n) is 15.6. The number of nitrogens with one attached hydrogen (secondary N) is 2. The van der Waals surface area contributed by atoms with E-state index < -0.39 is 30.0 Å². The normalized spacial score (nSPS) is 20.7. The fraction of sp³-hybridized carbons (Fsp3) is 0.475. The van der Waals surface area contributed by atoms with Crippen molar-refractivity contribution in [3.05, 3.63) is 70.2 Å². The Bertz CT molecular complexity index is 2490. The molecule has 3 aliphatic rings. The number of hydrogen-bond acceptors (Lipinski definition) is 10. The summed E-state index contributed by atoms with van der Waals surface area (Å²) >= 11 is 0. The number of anilines is 2. The van der Waals surface area contributed by atoms with E-state index in [0.717, 1.165) is 58.4 Å². The number of aromatic nitrogens is 7. The molecule has 4 aromatic heterocycles. The van der Waals surface area contributed by atoms with Crippen LogP contribution in [0.25, 0.3) is 16.7 Å². The van der Waals surface area contributed by atoms with Crippen molar-refractivity contribution in [3.8, 4) is 11.8 Å². The van der Waals surface area contributed by atoms with Crippen LogP contribution in [0.3, 0.4) is 0 Å². The molecule has 5 aromatic rings. The smallest absolute Gasteiger partial charge is 0.329 e. The summed E-state index contributed by atoms with van der Waals surface area (Å²) in [5, 5.41) is 13.4. The molecule has 1 atom stereocenters. The first-order valence-electron chi connectivity index (χ1n) is 19.6. The lowest BCUT2D eigenvalue weighted by Crippen LogP contribution is -2.48. The standard InChI is InChI=1S/C40H46F2N12O4/c1-48(2)32-15-17-52-37(45-32)28(22-43-52)38(56)44-29-24-53(47-34(29)36(41)42)27-11-9-25(10-12-27)23-51-20-18-50(19-21-51)16-5-7-26-6-4-8-30-35(26)49(3)40(58)54(30)31-13-14-33(55)46-39(31)57/h4,6,8,15,17,22,24-25,27,31,36H,9-14,16,18-21,23H2,1-3H3,(H,44,56)(H,46,55,57). The summed E-state index contributed by atoms with van der Waals surface area (Å²) < 4.78 is 34.3. The van der Waals surface area contributed by atoms with Gasteiger partial charge in [0.2, 0.25) is 11.8 Å². The molecule has 6 heterocycles. The van der Waals surface area contributed by atoms with E-state index in [2.05, 4.69) is 47.5 Å². The number of carbonyl (C=O) groups excluding carboxylic acids is 3. The van der Waals surface area contributed by atoms with Crippen molar-refractivity contribution in [2.45, 2.75) is 57.0 Å². The van der Waals surface area contributed by atoms with Gasteiger partial charge < -0.3 is 15.1 Å². The Morgan fingerprint density at radius 3 is 2.52 bits per heavy atom. The molecule has 16 nitrogen and oxygen atoms in total. The fourth-order valence-electron chi connectivity index (χ4n) is 8.41. The summed E-state index contributed by atoms with van der Waals surface area (Å²) in [6.45, 7) is 5.13. The van der Waals surface area contributed by atoms with Crippen molar-refractivity contribution >= 4 is 45.9 Å². The lowest BCUT2D eigenvalue weighted by molar-refractivity contribution is -0.135. The Labute approximate surface area is 332 Å². The highest BCUT2D eigenvalue weighted by molar-refractivity contribution is 6.08. The molecule has 3 amide bonds. The van der Waals surface area contributed by atoms with Gasteiger partial charge in [0.25, 0.3) is 12.3 Å². The maximum absolute atomic E-state index is 14.1. The molecule has 58 heavy (non-hydrogen) atoms. The molecule has 1 aliphatic carbocycles. The number of benzene rings is 1. The minimum absolute atomic E-state index is 0.0145. The highest BCUT2D eigenvalue weighted by Crippen LogP contribution is 2.35. The number of fused-ring (bicyclic) bond motifs is 2. The lowest BCUT2D eigenvalue weighted by atomic mass is 9.85. The Balaban J connectivity index is 0.832. The lowest BCUT2D eigenvalue weighted by Gasteiger charge is -2.37. The molecule has 18 heteroatoms. The summed E-state index contributed by atoms with van der Waals surface area (Å²) in [5.41, 5.74) is 1.69. The van der Waals surface area contributed by atoms with Crippen molar-refractivity contribution in [2.24, 2.45) is 13.0 Å². The van der Waals surface area contributed by atoms with Crippen LogP contribution in [0.4, 0.5) is 20.3 Å². The number of hydrogen-bond donors (Lipinski definition) is 2. The molecule has 304 valence electrons. The Kier molecular flexibility index (Phi) is 10.8. The van der Waals surface area contributed by atoms with Gasteiger partial charge in [-0.3, -0.25) is 38.4 Å². The number of nitrogens with zero attached hydrogens (tertiary/aromatic N) is 10. The van der Waals surface area contributed by atoms with Crippen LogP contribution in [0, 0.1) is 17.8 Å². The van der Waals surface area contributed by atoms with Crippen molar-refractivity contribution in [1.29, 1.82) is 0 Å². The quantitative estimate of drug-likeness (QED) is 0.168. The summed E-state index contributed by atoms with van der Waals surface area (Å²) in [6.07, 6.45) is 5.69. The van der Waals surface area contributed by atoms with Crippen LogP contribution in [-0.2, 0) is 16.6 Å². The van der Waals surface area contributed by atoms with Gasteiger partial charge in [0.15, 0.2) is 11.3 Å². The van der Waals surface area contributed by atoms with Crippen LogP contribution in [0.2, 0.25) is 0 Å². The van der Waals surface area contributed by atoms with Crippen LogP contribution < -0.4 is 21.2 Å². The van der Waals surface area contributed by atoms with Crippen molar-refractivity contribution in [3.63, 3.8) is 0 Å². The number of imide groups is 1. The van der Waals surface area contributed by atoms with Crippen LogP contribution in [-0.4, -0.2) is 114 Å². The number of aryl methyl sites for hydroxylation is 1. The number of carbonyl (C=O) groups is 3. The van der Waals surface area contributed by atoms with E-state index in [1.54, 1.807) is 35.0 Å². The zero-order valence-corrected chi connectivity index (χ0v) is 32.7. The van der Waals surface area contributed by atoms with Gasteiger partial charge in [0.1, 0.15) is 17.4 Å². The second-order valence-corrected chi connectivity index (χ2v) is 15.6. The van der Waals surface area contributed by atoms with Gasteiger partial charge in [0.05, 0.1) is 41.1 Å². The number of imidazole rings is 1. The monoisotopic (exact) mass is 796 g/mol. The average molecular weight is 797 g/mol. The first kappa shape index (κ1) is 38.9. The van der Waals surface area contributed by atoms with E-state index in [0.29, 0.717) is 40.5 Å². The number of rotatable bonds is 9. The third-order valence-corrected chi connectivity index (χ3v) is 11.6. The Morgan fingerprint density at radius 1 is 1.03 bits per heavy atom. The number of alkyl halides is 2. The third kappa shape index (κ3) is 7.71. The summed E-state index contributed by atoms with van der Waals surface area (Å²) in [7, 11) is 5.34. The summed E-state index contributed by atoms with van der Waals surface area (Å²) in [4.78, 5) is 61.9. The fourth-order valence-corrected chi connectivity index (χ4v) is 8.41. The molecule has 2 saturated heterocycles. The minimum atomic E-state index is -2.86. The van der Waals surface area contributed by atoms with E-state index in [4.69, 9.17) is 0 Å². The molecule has 1 saturated carbocycles. The van der Waals surface area contributed by atoms with Crippen molar-refractivity contribution < 1.29 is 23.2 Å². The maximum Gasteiger partial charge on any atom is 0.329 e. The predicted molar refractivity (Wildman–Crippen MR) is 212 cm³/mol. The van der Waals surface area contributed by atoms with E-state index in [1.807, 2.05) is 26.2 Å². The molecular formula is C40H46F2N12O4. The summed E-state index contributed by atoms with van der Waals surface area (Å²) in [5.74, 6) is 6.30. The van der Waals surface area contributed by atoms with Crippen molar-refractivity contribution in [2.75, 3.05) is 63.6 Å². The van der Waals surface area contributed by atoms with E-state index in [1.165, 1.54) is 26.0 Å². The minimum Gasteiger partial charge on any atom is -0.363 e. The first-order chi connectivity index (χ1) is 27.9. The molecule has 3 fully saturated rings. The highest BCUT2D eigenvalue weighted by atomic mass is 19.3. The van der Waals surface area contributed by atoms with Gasteiger partial charge in [-0.15, -0.1) is 0 Å². The molecule has 0 radical (unpaired) electrons. The van der Waals surface area contributed by atoms with Gasteiger partial charge in [-0.1, -0.05) is 17.9 Å². The van der Waals surface area contributed by atoms with Crippen molar-refractivity contribution in [1.82, 2.24) is 48.6 Å². The second kappa shape index (κ2) is 16.1. The molecule has 0 bridgehead atoms. The number of piperidine rings is 1. The van der Waals surface area contributed by atoms with E-state index in [-0.39, 0.29) is 41.7 Å². The summed E-state index contributed by atoms with van der Waals surface area (Å²) in [6, 6.07) is 6.49. The zero-order valence-electron chi connectivity index (χ0n) is 32.7. The van der Waals surface area contributed by atoms with Gasteiger partial charge in [-0.2, -0.15) is 10.2 Å². The molecule has 0 spiro atoms. The Morgan fingerprint density at radius 2 is 1.79 bits per heavy atom. The van der Waals surface area contributed by atoms with Crippen LogP contribution >= 0.6 is 0 Å². The first-order valence-corrected chi connectivity index (χ1v) is 19.6. The Hall–Kier alpha value is -5.93. The molecule has 1 aromatic carbocycles. The molecule has 2 aliphatic heterocycles. The van der Waals surface area contributed by atoms with Gasteiger partial charge in [0, 0.05) is 72.7 Å². The molecule has 1 unspecified atom stereocenters. The number of halogens is 2.